The van der Waals surface area contributed by atoms with Gasteiger partial charge in [0, 0.05) is 23.8 Å². The van der Waals surface area contributed by atoms with Crippen molar-refractivity contribution in [3.05, 3.63) is 53.6 Å². The zero-order valence-electron chi connectivity index (χ0n) is 17.5. The van der Waals surface area contributed by atoms with Crippen molar-refractivity contribution in [1.82, 2.24) is 10.6 Å². The minimum atomic E-state index is -0.240. The van der Waals surface area contributed by atoms with Gasteiger partial charge in [0.15, 0.2) is 11.5 Å². The first-order valence-corrected chi connectivity index (χ1v) is 10.4. The number of amides is 3. The molecule has 3 amide bonds. The molecule has 0 spiro atoms. The summed E-state index contributed by atoms with van der Waals surface area (Å²) in [5, 5.41) is 8.55. The Labute approximate surface area is 177 Å². The van der Waals surface area contributed by atoms with Crippen LogP contribution in [-0.4, -0.2) is 37.7 Å². The monoisotopic (exact) mass is 411 g/mol. The molecule has 1 aliphatic rings. The summed E-state index contributed by atoms with van der Waals surface area (Å²) >= 11 is 0. The van der Waals surface area contributed by atoms with Gasteiger partial charge in [0.05, 0.1) is 13.2 Å². The molecule has 0 saturated heterocycles. The van der Waals surface area contributed by atoms with E-state index in [4.69, 9.17) is 9.47 Å². The number of carbonyl (C=O) groups excluding carboxylic acids is 2. The molecule has 30 heavy (non-hydrogen) atoms. The Kier molecular flexibility index (Phi) is 7.54. The van der Waals surface area contributed by atoms with Gasteiger partial charge >= 0.3 is 6.03 Å². The summed E-state index contributed by atoms with van der Waals surface area (Å²) in [7, 11) is 0. The number of ether oxygens (including phenoxy) is 2. The van der Waals surface area contributed by atoms with Gasteiger partial charge in [0.25, 0.3) is 5.91 Å². The summed E-state index contributed by atoms with van der Waals surface area (Å²) in [5.74, 6) is 1.26. The Bertz CT molecular complexity index is 881. The van der Waals surface area contributed by atoms with Crippen molar-refractivity contribution in [2.24, 2.45) is 0 Å². The van der Waals surface area contributed by atoms with Crippen molar-refractivity contribution in [1.29, 1.82) is 0 Å². The molecule has 0 aromatic heterocycles. The topological polar surface area (TPSA) is 88.7 Å². The molecule has 7 heteroatoms. The fraction of sp³-hybridized carbons (Fsp3) is 0.391. The summed E-state index contributed by atoms with van der Waals surface area (Å²) in [6.07, 6.45) is 2.71. The van der Waals surface area contributed by atoms with E-state index in [1.165, 1.54) is 0 Å². The van der Waals surface area contributed by atoms with Gasteiger partial charge in [-0.15, -0.1) is 0 Å². The molecule has 0 bridgehead atoms. The third-order valence-corrected chi connectivity index (χ3v) is 4.60. The van der Waals surface area contributed by atoms with Crippen LogP contribution in [0.4, 0.5) is 10.5 Å². The highest BCUT2D eigenvalue weighted by molar-refractivity contribution is 5.96. The van der Waals surface area contributed by atoms with Crippen molar-refractivity contribution >= 4 is 17.6 Å². The van der Waals surface area contributed by atoms with Crippen LogP contribution in [0.15, 0.2) is 42.5 Å². The number of benzene rings is 2. The first-order chi connectivity index (χ1) is 14.6. The molecule has 7 nitrogen and oxygen atoms in total. The molecule has 160 valence electrons. The second-order valence-electron chi connectivity index (χ2n) is 7.11. The number of hydrogen-bond donors (Lipinski definition) is 3. The van der Waals surface area contributed by atoms with Gasteiger partial charge in [-0.2, -0.15) is 0 Å². The Morgan fingerprint density at radius 3 is 2.50 bits per heavy atom. The van der Waals surface area contributed by atoms with E-state index in [0.29, 0.717) is 43.2 Å². The molecule has 3 N–H and O–H groups in total. The zero-order chi connectivity index (χ0) is 21.3. The second kappa shape index (κ2) is 10.5. The van der Waals surface area contributed by atoms with Crippen molar-refractivity contribution in [3.63, 3.8) is 0 Å². The average Bonchev–Trinajstić information content (AvgIpc) is 3.54. The Morgan fingerprint density at radius 2 is 1.77 bits per heavy atom. The summed E-state index contributed by atoms with van der Waals surface area (Å²) in [4.78, 5) is 24.4. The third kappa shape index (κ3) is 6.40. The maximum absolute atomic E-state index is 12.5. The predicted molar refractivity (Wildman–Crippen MR) is 116 cm³/mol. The molecule has 1 fully saturated rings. The van der Waals surface area contributed by atoms with Crippen molar-refractivity contribution in [3.8, 4) is 11.5 Å². The summed E-state index contributed by atoms with van der Waals surface area (Å²) in [6.45, 7) is 5.48. The molecule has 2 aromatic rings. The normalized spacial score (nSPS) is 12.7. The smallest absolute Gasteiger partial charge is 0.319 e. The standard InChI is InChI=1S/C23H29N3O4/c1-3-29-20-11-8-16(14-21(20)30-4-2)12-13-24-22(27)17-6-5-7-19(15-17)26-23(28)25-18-9-10-18/h5-8,11,14-15,18H,3-4,9-10,12-13H2,1-2H3,(H,24,27)(H2,25,26,28). The highest BCUT2D eigenvalue weighted by Gasteiger charge is 2.23. The number of hydrogen-bond acceptors (Lipinski definition) is 4. The number of urea groups is 1. The lowest BCUT2D eigenvalue weighted by Gasteiger charge is -2.13. The molecule has 3 rings (SSSR count). The van der Waals surface area contributed by atoms with Gasteiger partial charge in [-0.25, -0.2) is 4.79 Å². The van der Waals surface area contributed by atoms with Gasteiger partial charge in [-0.3, -0.25) is 4.79 Å². The lowest BCUT2D eigenvalue weighted by Crippen LogP contribution is -2.30. The molecular weight excluding hydrogens is 382 g/mol. The zero-order valence-corrected chi connectivity index (χ0v) is 17.5. The highest BCUT2D eigenvalue weighted by Crippen LogP contribution is 2.28. The maximum Gasteiger partial charge on any atom is 0.319 e. The van der Waals surface area contributed by atoms with Crippen LogP contribution in [0.5, 0.6) is 11.5 Å². The van der Waals surface area contributed by atoms with Gasteiger partial charge in [0.1, 0.15) is 0 Å². The fourth-order valence-corrected chi connectivity index (χ4v) is 2.99. The molecule has 1 aliphatic carbocycles. The lowest BCUT2D eigenvalue weighted by atomic mass is 10.1. The quantitative estimate of drug-likeness (QED) is 0.556. The molecule has 0 unspecified atom stereocenters. The number of carbonyl (C=O) groups is 2. The van der Waals surface area contributed by atoms with Crippen LogP contribution < -0.4 is 25.4 Å². The van der Waals surface area contributed by atoms with E-state index in [1.54, 1.807) is 24.3 Å². The molecule has 1 saturated carbocycles. The van der Waals surface area contributed by atoms with Crippen molar-refractivity contribution < 1.29 is 19.1 Å². The van der Waals surface area contributed by atoms with Crippen LogP contribution in [0, 0.1) is 0 Å². The first-order valence-electron chi connectivity index (χ1n) is 10.4. The highest BCUT2D eigenvalue weighted by atomic mass is 16.5. The second-order valence-corrected chi connectivity index (χ2v) is 7.11. The summed E-state index contributed by atoms with van der Waals surface area (Å²) in [5.41, 5.74) is 2.14. The molecule has 0 radical (unpaired) electrons. The van der Waals surface area contributed by atoms with Crippen LogP contribution in [0.3, 0.4) is 0 Å². The Hall–Kier alpha value is -3.22. The van der Waals surface area contributed by atoms with Crippen LogP contribution in [0.1, 0.15) is 42.6 Å². The van der Waals surface area contributed by atoms with Crippen LogP contribution >= 0.6 is 0 Å². The van der Waals surface area contributed by atoms with E-state index in [-0.39, 0.29) is 18.0 Å². The van der Waals surface area contributed by atoms with E-state index in [0.717, 1.165) is 24.2 Å². The SMILES string of the molecule is CCOc1ccc(CCNC(=O)c2cccc(NC(=O)NC3CC3)c2)cc1OCC. The maximum atomic E-state index is 12.5. The Balaban J connectivity index is 1.52. The van der Waals surface area contributed by atoms with Gasteiger partial charge in [0.2, 0.25) is 0 Å². The molecule has 0 atom stereocenters. The van der Waals surface area contributed by atoms with Gasteiger partial charge in [-0.1, -0.05) is 12.1 Å². The van der Waals surface area contributed by atoms with E-state index in [1.807, 2.05) is 32.0 Å². The van der Waals surface area contributed by atoms with Crippen molar-refractivity contribution in [2.75, 3.05) is 25.1 Å². The number of rotatable bonds is 10. The van der Waals surface area contributed by atoms with E-state index < -0.39 is 0 Å². The molecule has 0 aliphatic heterocycles. The van der Waals surface area contributed by atoms with Crippen molar-refractivity contribution in [2.45, 2.75) is 39.2 Å². The number of anilines is 1. The third-order valence-electron chi connectivity index (χ3n) is 4.60. The van der Waals surface area contributed by atoms with Crippen LogP contribution in [0.2, 0.25) is 0 Å². The van der Waals surface area contributed by atoms with Crippen LogP contribution in [-0.2, 0) is 6.42 Å². The first kappa shape index (κ1) is 21.5. The summed E-state index contributed by atoms with van der Waals surface area (Å²) < 4.78 is 11.2. The van der Waals surface area contributed by atoms with Gasteiger partial charge in [-0.05, 0) is 69.0 Å². The lowest BCUT2D eigenvalue weighted by molar-refractivity contribution is 0.0954. The van der Waals surface area contributed by atoms with Gasteiger partial charge < -0.3 is 25.4 Å². The average molecular weight is 412 g/mol. The minimum absolute atomic E-state index is 0.183. The summed E-state index contributed by atoms with van der Waals surface area (Å²) in [6, 6.07) is 12.8. The minimum Gasteiger partial charge on any atom is -0.490 e. The molecule has 2 aromatic carbocycles. The molecule has 0 heterocycles. The van der Waals surface area contributed by atoms with E-state index >= 15 is 0 Å². The predicted octanol–water partition coefficient (Wildman–Crippen LogP) is 3.74. The van der Waals surface area contributed by atoms with E-state index in [9.17, 15) is 9.59 Å². The molecular formula is C23H29N3O4. The largest absolute Gasteiger partial charge is 0.490 e. The fourth-order valence-electron chi connectivity index (χ4n) is 2.99. The Morgan fingerprint density at radius 1 is 1.00 bits per heavy atom. The number of nitrogens with one attached hydrogen (secondary N) is 3. The van der Waals surface area contributed by atoms with E-state index in [2.05, 4.69) is 16.0 Å². The van der Waals surface area contributed by atoms with Crippen LogP contribution in [0.25, 0.3) is 0 Å².